The SMILES string of the molecule is CCN(O)[C@H](C(=O)O)C(C)O. The Bertz CT molecular complexity index is 137. The summed E-state index contributed by atoms with van der Waals surface area (Å²) in [6.45, 7) is 3.08. The summed E-state index contributed by atoms with van der Waals surface area (Å²) in [6, 6.07) is -1.24. The predicted octanol–water partition coefficient (Wildman–Crippen LogP) is -0.469. The van der Waals surface area contributed by atoms with Gasteiger partial charge in [-0.1, -0.05) is 6.92 Å². The quantitative estimate of drug-likeness (QED) is 0.488. The zero-order chi connectivity index (χ0) is 9.02. The Morgan fingerprint density at radius 3 is 2.18 bits per heavy atom. The van der Waals surface area contributed by atoms with Crippen molar-refractivity contribution < 1.29 is 20.2 Å². The molecule has 0 fully saturated rings. The Kier molecular flexibility index (Phi) is 4.02. The molecule has 2 atom stereocenters. The lowest BCUT2D eigenvalue weighted by Gasteiger charge is -2.22. The monoisotopic (exact) mass is 163 g/mol. The Morgan fingerprint density at radius 1 is 1.64 bits per heavy atom. The van der Waals surface area contributed by atoms with Crippen LogP contribution in [0.4, 0.5) is 0 Å². The summed E-state index contributed by atoms with van der Waals surface area (Å²) in [7, 11) is 0. The van der Waals surface area contributed by atoms with Crippen molar-refractivity contribution in [2.45, 2.75) is 26.0 Å². The topological polar surface area (TPSA) is 81.0 Å². The highest BCUT2D eigenvalue weighted by Gasteiger charge is 2.27. The number of carboxylic acid groups (broad SMARTS) is 1. The maximum Gasteiger partial charge on any atom is 0.326 e. The van der Waals surface area contributed by atoms with Gasteiger partial charge in [0.1, 0.15) is 0 Å². The molecule has 0 aliphatic heterocycles. The van der Waals surface area contributed by atoms with E-state index in [0.717, 1.165) is 0 Å². The Hall–Kier alpha value is -0.650. The number of rotatable bonds is 4. The van der Waals surface area contributed by atoms with E-state index in [-0.39, 0.29) is 6.54 Å². The zero-order valence-corrected chi connectivity index (χ0v) is 6.56. The van der Waals surface area contributed by atoms with Crippen LogP contribution in [0.1, 0.15) is 13.8 Å². The van der Waals surface area contributed by atoms with Crippen molar-refractivity contribution in [3.8, 4) is 0 Å². The molecular weight excluding hydrogens is 150 g/mol. The van der Waals surface area contributed by atoms with E-state index in [1.54, 1.807) is 6.92 Å². The van der Waals surface area contributed by atoms with Gasteiger partial charge in [0.25, 0.3) is 0 Å². The largest absolute Gasteiger partial charge is 0.480 e. The van der Waals surface area contributed by atoms with Crippen LogP contribution in [0.25, 0.3) is 0 Å². The minimum atomic E-state index is -1.24. The number of hydrogen-bond donors (Lipinski definition) is 3. The van der Waals surface area contributed by atoms with E-state index >= 15 is 0 Å². The lowest BCUT2D eigenvalue weighted by molar-refractivity contribution is -0.180. The average Bonchev–Trinajstić information content (AvgIpc) is 1.85. The number of carboxylic acids is 1. The molecule has 0 aliphatic rings. The summed E-state index contributed by atoms with van der Waals surface area (Å²) in [6.07, 6.45) is -1.09. The molecule has 5 heteroatoms. The van der Waals surface area contributed by atoms with Crippen LogP contribution in [0.3, 0.4) is 0 Å². The average molecular weight is 163 g/mol. The number of carbonyl (C=O) groups is 1. The normalized spacial score (nSPS) is 16.5. The van der Waals surface area contributed by atoms with Crippen LogP contribution < -0.4 is 0 Å². The van der Waals surface area contributed by atoms with Gasteiger partial charge in [-0.2, -0.15) is 5.06 Å². The van der Waals surface area contributed by atoms with Crippen LogP contribution in [0, 0.1) is 0 Å². The third-order valence-electron chi connectivity index (χ3n) is 1.36. The lowest BCUT2D eigenvalue weighted by atomic mass is 10.2. The molecule has 0 aromatic rings. The Morgan fingerprint density at radius 2 is 2.09 bits per heavy atom. The summed E-state index contributed by atoms with van der Waals surface area (Å²) in [5, 5.41) is 26.9. The molecule has 1 unspecified atom stereocenters. The molecule has 0 heterocycles. The summed E-state index contributed by atoms with van der Waals surface area (Å²) in [5.74, 6) is -1.23. The van der Waals surface area contributed by atoms with Gasteiger partial charge in [-0.3, -0.25) is 4.79 Å². The number of aliphatic hydroxyl groups excluding tert-OH is 1. The van der Waals surface area contributed by atoms with E-state index < -0.39 is 18.1 Å². The third kappa shape index (κ3) is 2.83. The number of hydroxylamine groups is 2. The number of aliphatic carboxylic acids is 1. The molecule has 3 N–H and O–H groups in total. The number of hydrogen-bond acceptors (Lipinski definition) is 4. The maximum atomic E-state index is 10.4. The summed E-state index contributed by atoms with van der Waals surface area (Å²) < 4.78 is 0. The fourth-order valence-electron chi connectivity index (χ4n) is 0.780. The molecule has 5 nitrogen and oxygen atoms in total. The number of likely N-dealkylation sites (N-methyl/N-ethyl adjacent to an activating group) is 1. The molecule has 0 radical (unpaired) electrons. The van der Waals surface area contributed by atoms with Crippen molar-refractivity contribution in [1.82, 2.24) is 5.06 Å². The van der Waals surface area contributed by atoms with Gasteiger partial charge in [-0.25, -0.2) is 0 Å². The molecule has 0 bridgehead atoms. The van der Waals surface area contributed by atoms with Gasteiger partial charge in [-0.05, 0) is 6.92 Å². The third-order valence-corrected chi connectivity index (χ3v) is 1.36. The van der Waals surface area contributed by atoms with Gasteiger partial charge in [0.05, 0.1) is 6.10 Å². The van der Waals surface area contributed by atoms with E-state index in [0.29, 0.717) is 5.06 Å². The standard InChI is InChI=1S/C6H13NO4/c1-3-7(11)5(4(2)8)6(9)10/h4-5,8,11H,3H2,1-2H3,(H,9,10)/t4?,5-/m0/s1. The van der Waals surface area contributed by atoms with Crippen molar-refractivity contribution in [3.63, 3.8) is 0 Å². The van der Waals surface area contributed by atoms with Crippen LogP contribution >= 0.6 is 0 Å². The minimum Gasteiger partial charge on any atom is -0.480 e. The molecule has 0 spiro atoms. The van der Waals surface area contributed by atoms with Gasteiger partial charge >= 0.3 is 5.97 Å². The Labute approximate surface area is 64.8 Å². The van der Waals surface area contributed by atoms with Crippen LogP contribution in [0.2, 0.25) is 0 Å². The van der Waals surface area contributed by atoms with Gasteiger partial charge in [0.2, 0.25) is 0 Å². The van der Waals surface area contributed by atoms with Crippen LogP contribution in [0.15, 0.2) is 0 Å². The summed E-state index contributed by atoms with van der Waals surface area (Å²) >= 11 is 0. The van der Waals surface area contributed by atoms with Crippen molar-refractivity contribution in [2.24, 2.45) is 0 Å². The van der Waals surface area contributed by atoms with Crippen molar-refractivity contribution in [2.75, 3.05) is 6.54 Å². The predicted molar refractivity (Wildman–Crippen MR) is 37.3 cm³/mol. The molecule has 0 amide bonds. The molecular formula is C6H13NO4. The molecule has 11 heavy (non-hydrogen) atoms. The van der Waals surface area contributed by atoms with E-state index in [4.69, 9.17) is 15.4 Å². The summed E-state index contributed by atoms with van der Waals surface area (Å²) in [5.41, 5.74) is 0. The molecule has 0 saturated carbocycles. The number of aliphatic hydroxyl groups is 1. The molecule has 0 aromatic heterocycles. The first-order valence-electron chi connectivity index (χ1n) is 3.37. The lowest BCUT2D eigenvalue weighted by Crippen LogP contribution is -2.46. The van der Waals surface area contributed by atoms with Crippen LogP contribution in [-0.4, -0.2) is 45.1 Å². The van der Waals surface area contributed by atoms with E-state index in [1.165, 1.54) is 6.92 Å². The first kappa shape index (κ1) is 10.3. The fraction of sp³-hybridized carbons (Fsp3) is 0.833. The van der Waals surface area contributed by atoms with Gasteiger partial charge < -0.3 is 15.4 Å². The van der Waals surface area contributed by atoms with Gasteiger partial charge in [0.15, 0.2) is 6.04 Å². The van der Waals surface area contributed by atoms with E-state index in [1.807, 2.05) is 0 Å². The van der Waals surface area contributed by atoms with Crippen LogP contribution in [0.5, 0.6) is 0 Å². The zero-order valence-electron chi connectivity index (χ0n) is 6.56. The second kappa shape index (κ2) is 4.27. The molecule has 0 aromatic carbocycles. The first-order valence-corrected chi connectivity index (χ1v) is 3.37. The second-order valence-electron chi connectivity index (χ2n) is 2.28. The Balaban J connectivity index is 4.21. The fourth-order valence-corrected chi connectivity index (χ4v) is 0.780. The smallest absolute Gasteiger partial charge is 0.326 e. The molecule has 66 valence electrons. The second-order valence-corrected chi connectivity index (χ2v) is 2.28. The van der Waals surface area contributed by atoms with Gasteiger partial charge in [0, 0.05) is 6.54 Å². The molecule has 0 aliphatic carbocycles. The van der Waals surface area contributed by atoms with Gasteiger partial charge in [-0.15, -0.1) is 0 Å². The van der Waals surface area contributed by atoms with Crippen molar-refractivity contribution in [3.05, 3.63) is 0 Å². The highest BCUT2D eigenvalue weighted by molar-refractivity contribution is 5.73. The first-order chi connectivity index (χ1) is 5.00. The van der Waals surface area contributed by atoms with Crippen molar-refractivity contribution in [1.29, 1.82) is 0 Å². The van der Waals surface area contributed by atoms with Crippen molar-refractivity contribution >= 4 is 5.97 Å². The highest BCUT2D eigenvalue weighted by atomic mass is 16.5. The summed E-state index contributed by atoms with van der Waals surface area (Å²) in [4.78, 5) is 10.4. The highest BCUT2D eigenvalue weighted by Crippen LogP contribution is 2.01. The van der Waals surface area contributed by atoms with E-state index in [9.17, 15) is 4.79 Å². The number of nitrogens with zero attached hydrogens (tertiary/aromatic N) is 1. The van der Waals surface area contributed by atoms with E-state index in [2.05, 4.69) is 0 Å². The minimum absolute atomic E-state index is 0.169. The molecule has 0 rings (SSSR count). The maximum absolute atomic E-state index is 10.4. The van der Waals surface area contributed by atoms with Crippen LogP contribution in [-0.2, 0) is 4.79 Å². The molecule has 0 saturated heterocycles.